The van der Waals surface area contributed by atoms with E-state index in [0.717, 1.165) is 11.3 Å². The molecule has 158 valence electrons. The van der Waals surface area contributed by atoms with Crippen molar-refractivity contribution in [1.82, 2.24) is 9.78 Å². The number of benzene rings is 2. The lowest BCUT2D eigenvalue weighted by Gasteiger charge is -2.05. The van der Waals surface area contributed by atoms with Crippen LogP contribution in [0.2, 0.25) is 0 Å². The van der Waals surface area contributed by atoms with E-state index < -0.39 is 0 Å². The summed E-state index contributed by atoms with van der Waals surface area (Å²) in [5.41, 5.74) is 2.95. The van der Waals surface area contributed by atoms with Crippen molar-refractivity contribution in [2.75, 3.05) is 12.4 Å². The molecule has 7 nitrogen and oxygen atoms in total. The molecular formula is C24H23N3O4. The van der Waals surface area contributed by atoms with Gasteiger partial charge in [0, 0.05) is 6.20 Å². The van der Waals surface area contributed by atoms with Gasteiger partial charge in [0.1, 0.15) is 23.9 Å². The van der Waals surface area contributed by atoms with E-state index in [1.54, 1.807) is 36.3 Å². The Labute approximate surface area is 180 Å². The highest BCUT2D eigenvalue weighted by Gasteiger charge is 2.13. The highest BCUT2D eigenvalue weighted by Crippen LogP contribution is 2.19. The molecule has 0 saturated heterocycles. The van der Waals surface area contributed by atoms with Gasteiger partial charge in [-0.1, -0.05) is 29.8 Å². The quantitative estimate of drug-likeness (QED) is 0.451. The van der Waals surface area contributed by atoms with Gasteiger partial charge in [-0.2, -0.15) is 5.10 Å². The maximum absolute atomic E-state index is 12.5. The molecule has 0 fully saturated rings. The number of anilines is 1. The summed E-state index contributed by atoms with van der Waals surface area (Å²) in [6.45, 7) is 2.90. The summed E-state index contributed by atoms with van der Waals surface area (Å²) < 4.78 is 18.2. The Hall–Kier alpha value is -4.00. The topological polar surface area (TPSA) is 78.5 Å². The molecule has 0 bridgehead atoms. The molecule has 4 rings (SSSR count). The van der Waals surface area contributed by atoms with Crippen molar-refractivity contribution < 1.29 is 18.7 Å². The molecule has 2 aromatic heterocycles. The lowest BCUT2D eigenvalue weighted by atomic mass is 10.1. The molecule has 2 heterocycles. The minimum atomic E-state index is -0.342. The second-order valence-corrected chi connectivity index (χ2v) is 7.10. The number of furan rings is 1. The van der Waals surface area contributed by atoms with Gasteiger partial charge >= 0.3 is 0 Å². The molecule has 0 radical (unpaired) electrons. The van der Waals surface area contributed by atoms with Crippen LogP contribution in [0.5, 0.6) is 11.5 Å². The van der Waals surface area contributed by atoms with Gasteiger partial charge in [-0.15, -0.1) is 0 Å². The van der Waals surface area contributed by atoms with Crippen LogP contribution in [-0.2, 0) is 13.2 Å². The van der Waals surface area contributed by atoms with Crippen molar-refractivity contribution in [2.45, 2.75) is 20.1 Å². The Bertz CT molecular complexity index is 1140. The standard InChI is InChI=1S/C24H23N3O4/c1-17-3-5-18(6-4-17)14-27-15-19(13-25-27)26-24(28)23-12-11-22(31-23)16-30-21-9-7-20(29-2)8-10-21/h3-13,15H,14,16H2,1-2H3,(H,26,28). The number of nitrogens with one attached hydrogen (secondary N) is 1. The number of rotatable bonds is 8. The van der Waals surface area contributed by atoms with Crippen LogP contribution in [0, 0.1) is 6.92 Å². The summed E-state index contributed by atoms with van der Waals surface area (Å²) in [7, 11) is 1.61. The maximum Gasteiger partial charge on any atom is 0.291 e. The van der Waals surface area contributed by atoms with Gasteiger partial charge in [-0.3, -0.25) is 9.48 Å². The summed E-state index contributed by atoms with van der Waals surface area (Å²) >= 11 is 0. The van der Waals surface area contributed by atoms with Crippen LogP contribution in [0.15, 0.2) is 77.5 Å². The number of carbonyl (C=O) groups is 1. The second kappa shape index (κ2) is 9.21. The molecule has 1 amide bonds. The number of amides is 1. The van der Waals surface area contributed by atoms with Gasteiger partial charge in [-0.05, 0) is 48.9 Å². The zero-order valence-corrected chi connectivity index (χ0v) is 17.4. The third-order valence-corrected chi connectivity index (χ3v) is 4.68. The van der Waals surface area contributed by atoms with Crippen LogP contribution in [0.25, 0.3) is 0 Å². The van der Waals surface area contributed by atoms with Gasteiger partial charge in [0.2, 0.25) is 0 Å². The number of carbonyl (C=O) groups excluding carboxylic acids is 1. The number of hydrogen-bond donors (Lipinski definition) is 1. The van der Waals surface area contributed by atoms with Crippen molar-refractivity contribution in [3.05, 3.63) is 95.7 Å². The van der Waals surface area contributed by atoms with Crippen LogP contribution in [0.1, 0.15) is 27.4 Å². The van der Waals surface area contributed by atoms with Crippen molar-refractivity contribution in [3.63, 3.8) is 0 Å². The molecule has 0 aliphatic rings. The molecule has 7 heteroatoms. The van der Waals surface area contributed by atoms with E-state index in [0.29, 0.717) is 23.7 Å². The molecule has 0 aliphatic carbocycles. The minimum absolute atomic E-state index is 0.208. The third-order valence-electron chi connectivity index (χ3n) is 4.68. The minimum Gasteiger partial charge on any atom is -0.497 e. The Morgan fingerprint density at radius 1 is 1.03 bits per heavy atom. The van der Waals surface area contributed by atoms with E-state index >= 15 is 0 Å². The van der Waals surface area contributed by atoms with Crippen LogP contribution in [0.4, 0.5) is 5.69 Å². The number of hydrogen-bond acceptors (Lipinski definition) is 5. The zero-order valence-electron chi connectivity index (χ0n) is 17.4. The van der Waals surface area contributed by atoms with E-state index in [1.165, 1.54) is 5.56 Å². The maximum atomic E-state index is 12.5. The molecule has 2 aromatic carbocycles. The van der Waals surface area contributed by atoms with Crippen LogP contribution in [-0.4, -0.2) is 22.8 Å². The summed E-state index contributed by atoms with van der Waals surface area (Å²) in [6, 6.07) is 18.8. The molecule has 0 atom stereocenters. The highest BCUT2D eigenvalue weighted by molar-refractivity contribution is 6.02. The average Bonchev–Trinajstić information content (AvgIpc) is 3.44. The van der Waals surface area contributed by atoms with Gasteiger partial charge in [-0.25, -0.2) is 0 Å². The van der Waals surface area contributed by atoms with Crippen LogP contribution >= 0.6 is 0 Å². The molecule has 0 aliphatic heterocycles. The van der Waals surface area contributed by atoms with Crippen molar-refractivity contribution in [1.29, 1.82) is 0 Å². The summed E-state index contributed by atoms with van der Waals surface area (Å²) in [5.74, 6) is 1.86. The number of methoxy groups -OCH3 is 1. The normalized spacial score (nSPS) is 10.6. The van der Waals surface area contributed by atoms with E-state index in [-0.39, 0.29) is 18.3 Å². The summed E-state index contributed by atoms with van der Waals surface area (Å²) in [6.07, 6.45) is 3.40. The monoisotopic (exact) mass is 417 g/mol. The molecule has 0 unspecified atom stereocenters. The average molecular weight is 417 g/mol. The van der Waals surface area contributed by atoms with E-state index in [1.807, 2.05) is 24.3 Å². The van der Waals surface area contributed by atoms with Crippen LogP contribution in [0.3, 0.4) is 0 Å². The van der Waals surface area contributed by atoms with Crippen molar-refractivity contribution in [2.24, 2.45) is 0 Å². The third kappa shape index (κ3) is 5.33. The van der Waals surface area contributed by atoms with Gasteiger partial charge < -0.3 is 19.2 Å². The highest BCUT2D eigenvalue weighted by atomic mass is 16.5. The molecule has 31 heavy (non-hydrogen) atoms. The van der Waals surface area contributed by atoms with E-state index in [4.69, 9.17) is 13.9 Å². The first-order valence-corrected chi connectivity index (χ1v) is 9.84. The van der Waals surface area contributed by atoms with E-state index in [9.17, 15) is 4.79 Å². The molecule has 0 spiro atoms. The smallest absolute Gasteiger partial charge is 0.291 e. The lowest BCUT2D eigenvalue weighted by Crippen LogP contribution is -2.10. The number of aryl methyl sites for hydroxylation is 1. The Morgan fingerprint density at radius 3 is 2.52 bits per heavy atom. The number of ether oxygens (including phenoxy) is 2. The molecule has 4 aromatic rings. The summed E-state index contributed by atoms with van der Waals surface area (Å²) in [4.78, 5) is 12.5. The fourth-order valence-corrected chi connectivity index (χ4v) is 2.99. The van der Waals surface area contributed by atoms with Gasteiger partial charge in [0.25, 0.3) is 5.91 Å². The van der Waals surface area contributed by atoms with Crippen LogP contribution < -0.4 is 14.8 Å². The SMILES string of the molecule is COc1ccc(OCc2ccc(C(=O)Nc3cnn(Cc4ccc(C)cc4)c3)o2)cc1. The molecular weight excluding hydrogens is 394 g/mol. The Morgan fingerprint density at radius 2 is 1.77 bits per heavy atom. The van der Waals surface area contributed by atoms with E-state index in [2.05, 4.69) is 41.6 Å². The molecule has 1 N–H and O–H groups in total. The lowest BCUT2D eigenvalue weighted by molar-refractivity contribution is 0.0992. The Balaban J connectivity index is 1.31. The van der Waals surface area contributed by atoms with Crippen molar-refractivity contribution >= 4 is 11.6 Å². The first kappa shape index (κ1) is 20.3. The number of nitrogens with zero attached hydrogens (tertiary/aromatic N) is 2. The van der Waals surface area contributed by atoms with Gasteiger partial charge in [0.05, 0.1) is 25.5 Å². The Kier molecular flexibility index (Phi) is 6.03. The van der Waals surface area contributed by atoms with Gasteiger partial charge in [0.15, 0.2) is 5.76 Å². The second-order valence-electron chi connectivity index (χ2n) is 7.10. The number of aromatic nitrogens is 2. The first-order valence-electron chi connectivity index (χ1n) is 9.84. The van der Waals surface area contributed by atoms with Crippen molar-refractivity contribution in [3.8, 4) is 11.5 Å². The zero-order chi connectivity index (χ0) is 21.6. The fraction of sp³-hybridized carbons (Fsp3) is 0.167. The fourth-order valence-electron chi connectivity index (χ4n) is 2.99. The largest absolute Gasteiger partial charge is 0.497 e. The summed E-state index contributed by atoms with van der Waals surface area (Å²) in [5, 5.41) is 7.11. The predicted octanol–water partition coefficient (Wildman–Crippen LogP) is 4.67. The predicted molar refractivity (Wildman–Crippen MR) is 116 cm³/mol. The molecule has 0 saturated carbocycles. The first-order chi connectivity index (χ1) is 15.1.